The van der Waals surface area contributed by atoms with Gasteiger partial charge in [0.1, 0.15) is 0 Å². The van der Waals surface area contributed by atoms with Crippen LogP contribution in [0, 0.1) is 0 Å². The summed E-state index contributed by atoms with van der Waals surface area (Å²) in [4.78, 5) is 39.9. The number of amidine groups is 1. The molecule has 2 aromatic rings. The van der Waals surface area contributed by atoms with Crippen LogP contribution < -0.4 is 11.1 Å². The summed E-state index contributed by atoms with van der Waals surface area (Å²) in [6, 6.07) is 7.80. The number of aliphatic imine (C=N–C) groups is 2. The van der Waals surface area contributed by atoms with Crippen LogP contribution in [0.2, 0.25) is 0 Å². The minimum atomic E-state index is -4.56. The van der Waals surface area contributed by atoms with Gasteiger partial charge in [-0.25, -0.2) is 0 Å². The maximum atomic E-state index is 13.0. The molecule has 1 aromatic carbocycles. The summed E-state index contributed by atoms with van der Waals surface area (Å²) in [6.07, 6.45) is -3.55. The molecule has 4 N–H and O–H groups in total. The van der Waals surface area contributed by atoms with Crippen LogP contribution in [0.1, 0.15) is 35.3 Å². The van der Waals surface area contributed by atoms with Gasteiger partial charge in [-0.2, -0.15) is 13.2 Å². The third kappa shape index (κ3) is 5.90. The number of anilines is 1. The molecule has 0 bridgehead atoms. The van der Waals surface area contributed by atoms with Crippen LogP contribution in [0.3, 0.4) is 0 Å². The van der Waals surface area contributed by atoms with Gasteiger partial charge in [-0.1, -0.05) is 0 Å². The van der Waals surface area contributed by atoms with Crippen molar-refractivity contribution in [1.29, 1.82) is 0 Å². The molecule has 2 amide bonds. The second-order valence-corrected chi connectivity index (χ2v) is 14.2. The molecule has 1 saturated heterocycles. The average molecular weight is 682 g/mol. The maximum absolute atomic E-state index is 13.0. The second-order valence-electron chi connectivity index (χ2n) is 9.50. The van der Waals surface area contributed by atoms with Crippen molar-refractivity contribution in [2.24, 2.45) is 15.7 Å². The van der Waals surface area contributed by atoms with E-state index in [-0.39, 0.29) is 36.5 Å². The number of alkyl halides is 3. The normalized spacial score (nSPS) is 22.2. The number of carbonyl (C=O) groups is 2. The molecule has 1 aromatic heterocycles. The summed E-state index contributed by atoms with van der Waals surface area (Å²) < 4.78 is 48.7. The zero-order valence-electron chi connectivity index (χ0n) is 21.9. The molecule has 4 heterocycles. The summed E-state index contributed by atoms with van der Waals surface area (Å²) in [6.45, 7) is 3.81. The molecule has 0 radical (unpaired) electrons. The van der Waals surface area contributed by atoms with E-state index in [1.165, 1.54) is 19.1 Å². The molecule has 41 heavy (non-hydrogen) atoms. The zero-order chi connectivity index (χ0) is 29.5. The summed E-state index contributed by atoms with van der Waals surface area (Å²) in [5.41, 5.74) is 6.85. The Morgan fingerprint density at radius 3 is 2.66 bits per heavy atom. The number of nitrogens with one attached hydrogen (secondary N) is 1. The van der Waals surface area contributed by atoms with Crippen molar-refractivity contribution in [1.82, 2.24) is 9.88 Å². The van der Waals surface area contributed by atoms with E-state index in [2.05, 4.69) is 15.3 Å². The number of benzene rings is 1. The van der Waals surface area contributed by atoms with Crippen molar-refractivity contribution in [3.05, 3.63) is 73.1 Å². The van der Waals surface area contributed by atoms with Gasteiger partial charge in [-0.3, -0.25) is 0 Å². The zero-order valence-corrected chi connectivity index (χ0v) is 24.0. The number of amides is 2. The van der Waals surface area contributed by atoms with Crippen LogP contribution in [0.4, 0.5) is 19.0 Å². The van der Waals surface area contributed by atoms with Crippen LogP contribution in [0.25, 0.3) is 5.70 Å². The Kier molecular flexibility index (Phi) is 7.98. The molecule has 216 valence electrons. The fourth-order valence-corrected chi connectivity index (χ4v) is 9.56. The summed E-state index contributed by atoms with van der Waals surface area (Å²) in [5, 5.41) is 12.3. The number of nitrogens with two attached hydrogens (primary N) is 1. The van der Waals surface area contributed by atoms with Gasteiger partial charge in [0.2, 0.25) is 0 Å². The van der Waals surface area contributed by atoms with Crippen LogP contribution in [-0.2, 0) is 15.7 Å². The molecule has 10 nitrogen and oxygen atoms in total. The number of hydrogen-bond donors (Lipinski definition) is 3. The molecule has 3 aliphatic rings. The van der Waals surface area contributed by atoms with Crippen molar-refractivity contribution in [2.45, 2.75) is 38.3 Å². The predicted molar refractivity (Wildman–Crippen MR) is 155 cm³/mol. The van der Waals surface area contributed by atoms with E-state index in [9.17, 15) is 27.9 Å². The molecular formula is C27H26F3IN6O4. The molecule has 0 aliphatic carbocycles. The van der Waals surface area contributed by atoms with Gasteiger partial charge in [0.15, 0.2) is 0 Å². The molecule has 5 rings (SSSR count). The monoisotopic (exact) mass is 682 g/mol. The van der Waals surface area contributed by atoms with Crippen molar-refractivity contribution in [3.63, 3.8) is 0 Å². The number of carbonyl (C=O) groups excluding carboxylic acids is 2. The number of aliphatic hydroxyl groups excluding tert-OH is 1. The van der Waals surface area contributed by atoms with Crippen LogP contribution >= 0.6 is 19.8 Å². The number of aliphatic hydroxyl groups is 1. The topological polar surface area (TPSA) is 142 Å². The van der Waals surface area contributed by atoms with E-state index in [4.69, 9.17) is 15.5 Å². The SMILES string of the molecule is C[C@H](O)C(=O)N1C[C@H](C2=NC(c3ccc(C(=O)Nc4cc(C(F)(F)F)ccn4)cc3)=C3C(N)=NC=CI23)OC[C@@H]1C. The van der Waals surface area contributed by atoms with Crippen LogP contribution in [0.15, 0.2) is 66.4 Å². The number of pyridine rings is 1. The van der Waals surface area contributed by atoms with Gasteiger partial charge in [0.25, 0.3) is 0 Å². The van der Waals surface area contributed by atoms with Gasteiger partial charge >= 0.3 is 228 Å². The van der Waals surface area contributed by atoms with Crippen molar-refractivity contribution < 1.29 is 32.6 Å². The van der Waals surface area contributed by atoms with E-state index < -0.39 is 49.7 Å². The van der Waals surface area contributed by atoms with Crippen LogP contribution in [-0.4, -0.2) is 67.8 Å². The second kappa shape index (κ2) is 11.3. The first-order chi connectivity index (χ1) is 19.4. The van der Waals surface area contributed by atoms with Gasteiger partial charge in [0.05, 0.1) is 0 Å². The predicted octanol–water partition coefficient (Wildman–Crippen LogP) is 3.78. The molecule has 0 saturated carbocycles. The molecule has 0 spiro atoms. The third-order valence-corrected chi connectivity index (χ3v) is 11.9. The first kappa shape index (κ1) is 28.9. The first-order valence-electron chi connectivity index (χ1n) is 12.5. The fraction of sp³-hybridized carbons (Fsp3) is 0.296. The Bertz CT molecular complexity index is 1500. The Morgan fingerprint density at radius 2 is 1.98 bits per heavy atom. The van der Waals surface area contributed by atoms with E-state index in [1.54, 1.807) is 23.2 Å². The van der Waals surface area contributed by atoms with Crippen molar-refractivity contribution >= 4 is 52.7 Å². The Labute approximate surface area is 240 Å². The number of nitrogens with zero attached hydrogens (tertiary/aromatic N) is 4. The van der Waals surface area contributed by atoms with E-state index in [1.807, 2.05) is 11.0 Å². The van der Waals surface area contributed by atoms with Gasteiger partial charge in [-0.15, -0.1) is 0 Å². The average Bonchev–Trinajstić information content (AvgIpc) is 3.33. The quantitative estimate of drug-likeness (QED) is 0.410. The summed E-state index contributed by atoms with van der Waals surface area (Å²) >= 11 is -2.30. The van der Waals surface area contributed by atoms with Gasteiger partial charge in [0, 0.05) is 0 Å². The third-order valence-electron chi connectivity index (χ3n) is 6.55. The summed E-state index contributed by atoms with van der Waals surface area (Å²) in [7, 11) is 0. The first-order valence-corrected chi connectivity index (χ1v) is 15.9. The molecule has 1 fully saturated rings. The number of fused-ring (bicyclic) bond motifs is 1. The Morgan fingerprint density at radius 1 is 1.24 bits per heavy atom. The molecule has 3 atom stereocenters. The number of halogens is 4. The van der Waals surface area contributed by atoms with Crippen LogP contribution in [0.5, 0.6) is 0 Å². The number of morpholine rings is 1. The van der Waals surface area contributed by atoms with Crippen molar-refractivity contribution in [2.75, 3.05) is 18.5 Å². The van der Waals surface area contributed by atoms with E-state index >= 15 is 0 Å². The molecular weight excluding hydrogens is 656 g/mol. The molecule has 3 aliphatic heterocycles. The Hall–Kier alpha value is -3.63. The van der Waals surface area contributed by atoms with Gasteiger partial charge in [-0.05, 0) is 0 Å². The minimum absolute atomic E-state index is 0.204. The van der Waals surface area contributed by atoms with Crippen molar-refractivity contribution in [3.8, 4) is 0 Å². The van der Waals surface area contributed by atoms with Gasteiger partial charge < -0.3 is 0 Å². The molecule has 0 unspecified atom stereocenters. The number of aromatic nitrogens is 1. The fourth-order valence-electron chi connectivity index (χ4n) is 4.45. The summed E-state index contributed by atoms with van der Waals surface area (Å²) in [5.74, 6) is -0.887. The standard InChI is InChI=1S/C27H26F3IN6O4/c1-14-13-41-19(12-37(14)26(40)15(2)38)23-31-8-10-34-24(32)21(31)22(36-23)16-3-5-17(6-4-16)25(39)35-20-11-18(7-9-33-20)27(28,29)30/h3-11,14-15,19,38H,12-13H2,1-2H3,(H2,32,34)(H,33,35,39)/t14-,15-,19+/m0/s1. The van der Waals surface area contributed by atoms with E-state index in [0.717, 1.165) is 25.6 Å². The molecule has 14 heteroatoms. The number of ether oxygens (including phenoxy) is 1. The van der Waals surface area contributed by atoms with E-state index in [0.29, 0.717) is 17.1 Å². The number of rotatable bonds is 5. The Balaban J connectivity index is 1.39. The number of hydrogen-bond acceptors (Lipinski definition) is 8.